The van der Waals surface area contributed by atoms with E-state index in [1.807, 2.05) is 54.6 Å². The van der Waals surface area contributed by atoms with Gasteiger partial charge in [-0.05, 0) is 22.8 Å². The Balaban J connectivity index is 1.55. The standard InChI is InChI=1S/C27H30N2O5S/c1-18-24(17-35-25-5-3-4-14-29(25)32)33-27(23-12-6-20(7-13-23)15-28-19(2)31)34-26(18)22-10-8-21(16-30)9-11-22/h3-14,18,24,26-27,30H,15-17H2,1-2H3,(H,28,31)/t18-,24+,26+,27+/m1/s1. The molecule has 35 heavy (non-hydrogen) atoms. The van der Waals surface area contributed by atoms with Crippen LogP contribution in [0.2, 0.25) is 0 Å². The number of ether oxygens (including phenoxy) is 2. The first-order chi connectivity index (χ1) is 16.9. The minimum Gasteiger partial charge on any atom is -0.618 e. The Labute approximate surface area is 209 Å². The summed E-state index contributed by atoms with van der Waals surface area (Å²) in [6.45, 7) is 4.04. The zero-order chi connectivity index (χ0) is 24.8. The summed E-state index contributed by atoms with van der Waals surface area (Å²) >= 11 is 1.47. The minimum absolute atomic E-state index is 0.0105. The largest absolute Gasteiger partial charge is 0.618 e. The monoisotopic (exact) mass is 494 g/mol. The summed E-state index contributed by atoms with van der Waals surface area (Å²) in [4.78, 5) is 11.2. The number of pyridine rings is 1. The average molecular weight is 495 g/mol. The van der Waals surface area contributed by atoms with Crippen molar-refractivity contribution in [3.63, 3.8) is 0 Å². The van der Waals surface area contributed by atoms with E-state index in [-0.39, 0.29) is 30.6 Å². The Kier molecular flexibility index (Phi) is 8.41. The Bertz CT molecular complexity index is 1120. The summed E-state index contributed by atoms with van der Waals surface area (Å²) in [5.74, 6) is 0.552. The van der Waals surface area contributed by atoms with E-state index in [2.05, 4.69) is 12.2 Å². The van der Waals surface area contributed by atoms with E-state index in [0.29, 0.717) is 17.3 Å². The number of carbonyl (C=O) groups is 1. The molecular weight excluding hydrogens is 464 g/mol. The summed E-state index contributed by atoms with van der Waals surface area (Å²) in [5, 5.41) is 24.9. The Morgan fingerprint density at radius 1 is 1.03 bits per heavy atom. The topological polar surface area (TPSA) is 94.7 Å². The zero-order valence-corrected chi connectivity index (χ0v) is 20.6. The van der Waals surface area contributed by atoms with Gasteiger partial charge in [0.05, 0.1) is 18.8 Å². The lowest BCUT2D eigenvalue weighted by atomic mass is 9.91. The first-order valence-electron chi connectivity index (χ1n) is 11.6. The summed E-state index contributed by atoms with van der Waals surface area (Å²) in [5.41, 5.74) is 3.73. The van der Waals surface area contributed by atoms with Crippen molar-refractivity contribution in [2.45, 2.75) is 50.5 Å². The fraction of sp³-hybridized carbons (Fsp3) is 0.333. The predicted octanol–water partition coefficient (Wildman–Crippen LogP) is 4.03. The number of nitrogens with one attached hydrogen (secondary N) is 1. The number of aromatic nitrogens is 1. The smallest absolute Gasteiger partial charge is 0.251 e. The van der Waals surface area contributed by atoms with Crippen LogP contribution in [0.3, 0.4) is 0 Å². The summed E-state index contributed by atoms with van der Waals surface area (Å²) in [6.07, 6.45) is 0.527. The molecule has 3 aromatic rings. The van der Waals surface area contributed by atoms with Crippen molar-refractivity contribution in [1.29, 1.82) is 0 Å². The SMILES string of the molecule is CC(=O)NCc1ccc([C@H]2O[C@@H](CSc3cccc[n+]3[O-])[C@@H](C)[C@@H](c3ccc(CO)cc3)O2)cc1. The first-order valence-corrected chi connectivity index (χ1v) is 12.6. The molecule has 1 aliphatic rings. The van der Waals surface area contributed by atoms with Gasteiger partial charge in [0.1, 0.15) is 0 Å². The highest BCUT2D eigenvalue weighted by Crippen LogP contribution is 2.42. The van der Waals surface area contributed by atoms with Crippen LogP contribution in [0.4, 0.5) is 0 Å². The Morgan fingerprint density at radius 2 is 1.71 bits per heavy atom. The number of hydrogen-bond acceptors (Lipinski definition) is 6. The molecule has 0 aliphatic carbocycles. The van der Waals surface area contributed by atoms with Gasteiger partial charge in [0, 0.05) is 42.8 Å². The van der Waals surface area contributed by atoms with Crippen molar-refractivity contribution in [1.82, 2.24) is 5.32 Å². The van der Waals surface area contributed by atoms with Gasteiger partial charge >= 0.3 is 0 Å². The molecule has 8 heteroatoms. The van der Waals surface area contributed by atoms with E-state index < -0.39 is 6.29 Å². The highest BCUT2D eigenvalue weighted by Gasteiger charge is 2.38. The van der Waals surface area contributed by atoms with Crippen LogP contribution in [0.25, 0.3) is 0 Å². The maximum Gasteiger partial charge on any atom is 0.251 e. The van der Waals surface area contributed by atoms with E-state index >= 15 is 0 Å². The molecule has 184 valence electrons. The van der Waals surface area contributed by atoms with Crippen molar-refractivity contribution in [3.8, 4) is 0 Å². The van der Waals surface area contributed by atoms with E-state index in [1.165, 1.54) is 24.9 Å². The lowest BCUT2D eigenvalue weighted by molar-refractivity contribution is -0.645. The van der Waals surface area contributed by atoms with Gasteiger partial charge in [-0.3, -0.25) is 4.79 Å². The molecule has 1 fully saturated rings. The van der Waals surface area contributed by atoms with Gasteiger partial charge in [-0.25, -0.2) is 0 Å². The van der Waals surface area contributed by atoms with E-state index in [9.17, 15) is 15.1 Å². The maximum atomic E-state index is 12.1. The predicted molar refractivity (Wildman–Crippen MR) is 133 cm³/mol. The highest BCUT2D eigenvalue weighted by molar-refractivity contribution is 7.99. The number of hydrogen-bond donors (Lipinski definition) is 2. The van der Waals surface area contributed by atoms with Crippen LogP contribution in [0.15, 0.2) is 78.0 Å². The number of amides is 1. The molecule has 1 aromatic heterocycles. The molecule has 2 N–H and O–H groups in total. The van der Waals surface area contributed by atoms with Crippen LogP contribution in [0, 0.1) is 11.1 Å². The number of benzene rings is 2. The van der Waals surface area contributed by atoms with Crippen molar-refractivity contribution in [3.05, 3.63) is 100 Å². The van der Waals surface area contributed by atoms with E-state index in [4.69, 9.17) is 9.47 Å². The molecule has 0 bridgehead atoms. The molecule has 2 heterocycles. The molecule has 0 radical (unpaired) electrons. The Hall–Kier alpha value is -2.91. The first kappa shape index (κ1) is 25.2. The van der Waals surface area contributed by atoms with Crippen LogP contribution in [-0.4, -0.2) is 22.9 Å². The van der Waals surface area contributed by atoms with Gasteiger partial charge in [0.2, 0.25) is 5.91 Å². The lowest BCUT2D eigenvalue weighted by Gasteiger charge is -2.41. The van der Waals surface area contributed by atoms with Crippen molar-refractivity contribution < 1.29 is 24.1 Å². The number of nitrogens with zero attached hydrogens (tertiary/aromatic N) is 1. The fourth-order valence-electron chi connectivity index (χ4n) is 4.02. The van der Waals surface area contributed by atoms with Gasteiger partial charge in [0.25, 0.3) is 5.03 Å². The number of carbonyl (C=O) groups excluding carboxylic acids is 1. The molecule has 1 amide bonds. The zero-order valence-electron chi connectivity index (χ0n) is 19.8. The van der Waals surface area contributed by atoms with Gasteiger partial charge in [-0.2, -0.15) is 4.73 Å². The number of thioether (sulfide) groups is 1. The second kappa shape index (κ2) is 11.7. The molecule has 1 saturated heterocycles. The third-order valence-corrected chi connectivity index (χ3v) is 7.21. The third kappa shape index (κ3) is 6.41. The van der Waals surface area contributed by atoms with E-state index in [0.717, 1.165) is 27.0 Å². The van der Waals surface area contributed by atoms with Gasteiger partial charge in [0.15, 0.2) is 12.5 Å². The molecular formula is C27H30N2O5S. The number of aliphatic hydroxyl groups is 1. The second-order valence-corrected chi connectivity index (χ2v) is 9.69. The highest BCUT2D eigenvalue weighted by atomic mass is 32.2. The maximum absolute atomic E-state index is 12.1. The Morgan fingerprint density at radius 3 is 2.37 bits per heavy atom. The van der Waals surface area contributed by atoms with Crippen LogP contribution in [0.5, 0.6) is 0 Å². The summed E-state index contributed by atoms with van der Waals surface area (Å²) in [7, 11) is 0. The van der Waals surface area contributed by atoms with Crippen LogP contribution in [0.1, 0.15) is 48.5 Å². The molecule has 7 nitrogen and oxygen atoms in total. The second-order valence-electron chi connectivity index (χ2n) is 8.65. The average Bonchev–Trinajstić information content (AvgIpc) is 2.88. The van der Waals surface area contributed by atoms with Gasteiger partial charge < -0.3 is 25.1 Å². The van der Waals surface area contributed by atoms with Crippen molar-refractivity contribution in [2.75, 3.05) is 5.75 Å². The van der Waals surface area contributed by atoms with E-state index in [1.54, 1.807) is 12.1 Å². The fourth-order valence-corrected chi connectivity index (χ4v) is 5.10. The van der Waals surface area contributed by atoms with Gasteiger partial charge in [-0.15, -0.1) is 0 Å². The number of rotatable bonds is 8. The quantitative estimate of drug-likeness (QED) is 0.279. The molecule has 4 atom stereocenters. The molecule has 0 spiro atoms. The van der Waals surface area contributed by atoms with Crippen molar-refractivity contribution in [2.24, 2.45) is 5.92 Å². The molecule has 2 aromatic carbocycles. The minimum atomic E-state index is -0.579. The lowest BCUT2D eigenvalue weighted by Crippen LogP contribution is -2.39. The van der Waals surface area contributed by atoms with Crippen LogP contribution < -0.4 is 10.0 Å². The van der Waals surface area contributed by atoms with Crippen molar-refractivity contribution >= 4 is 17.7 Å². The molecule has 1 aliphatic heterocycles. The molecule has 4 rings (SSSR count). The van der Waals surface area contributed by atoms with Gasteiger partial charge in [-0.1, -0.05) is 67.2 Å². The van der Waals surface area contributed by atoms with Crippen LogP contribution in [-0.2, 0) is 27.4 Å². The summed E-state index contributed by atoms with van der Waals surface area (Å²) in [6, 6.07) is 21.0. The normalized spacial score (nSPS) is 22.0. The molecule has 0 unspecified atom stereocenters. The number of aliphatic hydroxyl groups excluding tert-OH is 1. The van der Waals surface area contributed by atoms with Crippen LogP contribution >= 0.6 is 11.8 Å². The summed E-state index contributed by atoms with van der Waals surface area (Å²) < 4.78 is 13.7. The molecule has 0 saturated carbocycles. The third-order valence-electron chi connectivity index (χ3n) is 6.10.